The molecule has 5 nitrogen and oxygen atoms in total. The molecule has 1 N–H and O–H groups in total. The number of hydrogen-bond donors (Lipinski definition) is 1. The van der Waals surface area contributed by atoms with Crippen molar-refractivity contribution in [1.82, 2.24) is 4.90 Å². The van der Waals surface area contributed by atoms with Crippen molar-refractivity contribution in [3.63, 3.8) is 0 Å². The third-order valence-corrected chi connectivity index (χ3v) is 6.00. The summed E-state index contributed by atoms with van der Waals surface area (Å²) < 4.78 is 5.89. The van der Waals surface area contributed by atoms with Gasteiger partial charge < -0.3 is 15.0 Å². The van der Waals surface area contributed by atoms with E-state index in [-0.39, 0.29) is 23.8 Å². The van der Waals surface area contributed by atoms with E-state index < -0.39 is 0 Å². The molecular weight excluding hydrogens is 364 g/mol. The Hall–Kier alpha value is -2.82. The lowest BCUT2D eigenvalue weighted by atomic mass is 9.95. The summed E-state index contributed by atoms with van der Waals surface area (Å²) >= 11 is 0. The molecule has 2 aliphatic heterocycles. The number of benzene rings is 2. The maximum absolute atomic E-state index is 13.2. The molecule has 2 atom stereocenters. The number of hydrogen-bond acceptors (Lipinski definition) is 3. The number of anilines is 1. The zero-order valence-electron chi connectivity index (χ0n) is 16.9. The Kier molecular flexibility index (Phi) is 5.84. The number of rotatable bonds is 4. The van der Waals surface area contributed by atoms with E-state index in [0.29, 0.717) is 30.0 Å². The Labute approximate surface area is 172 Å². The van der Waals surface area contributed by atoms with Gasteiger partial charge >= 0.3 is 0 Å². The number of fused-ring (bicyclic) bond motifs is 2. The first kappa shape index (κ1) is 19.5. The van der Waals surface area contributed by atoms with E-state index in [1.807, 2.05) is 48.2 Å². The molecule has 1 fully saturated rings. The minimum Gasteiger partial charge on any atom is -0.493 e. The maximum atomic E-state index is 13.2. The zero-order valence-corrected chi connectivity index (χ0v) is 16.9. The minimum absolute atomic E-state index is 0.00981. The number of nitrogens with zero attached hydrogens (tertiary/aromatic N) is 1. The average Bonchev–Trinajstić information content (AvgIpc) is 2.75. The summed E-state index contributed by atoms with van der Waals surface area (Å²) in [7, 11) is 0. The summed E-state index contributed by atoms with van der Waals surface area (Å²) in [5, 5.41) is 3.00. The molecule has 0 bridgehead atoms. The summed E-state index contributed by atoms with van der Waals surface area (Å²) in [6, 6.07) is 15.4. The molecule has 152 valence electrons. The van der Waals surface area contributed by atoms with Crippen LogP contribution in [0.25, 0.3) is 0 Å². The van der Waals surface area contributed by atoms with E-state index in [9.17, 15) is 9.59 Å². The number of piperidine rings is 1. The second-order valence-corrected chi connectivity index (χ2v) is 7.86. The second kappa shape index (κ2) is 8.68. The first-order chi connectivity index (χ1) is 14.2. The van der Waals surface area contributed by atoms with Crippen LogP contribution in [0.5, 0.6) is 5.75 Å². The van der Waals surface area contributed by atoms with Crippen LogP contribution in [0, 0.1) is 0 Å². The molecular formula is C24H28N2O3. The molecule has 1 saturated heterocycles. The molecule has 2 heterocycles. The Balaban J connectivity index is 1.57. The first-order valence-corrected chi connectivity index (χ1v) is 10.6. The lowest BCUT2D eigenvalue weighted by molar-refractivity contribution is -0.117. The predicted molar refractivity (Wildman–Crippen MR) is 113 cm³/mol. The first-order valence-electron chi connectivity index (χ1n) is 10.6. The number of nitrogens with one attached hydrogen (secondary N) is 1. The molecule has 5 heteroatoms. The highest BCUT2D eigenvalue weighted by molar-refractivity contribution is 6.01. The number of ether oxygens (including phenoxy) is 1. The van der Waals surface area contributed by atoms with Gasteiger partial charge in [0.05, 0.1) is 18.1 Å². The normalized spacial score (nSPS) is 19.8. The largest absolute Gasteiger partial charge is 0.493 e. The third kappa shape index (κ3) is 4.14. The summed E-state index contributed by atoms with van der Waals surface area (Å²) in [4.78, 5) is 28.1. The van der Waals surface area contributed by atoms with Gasteiger partial charge in [0, 0.05) is 24.7 Å². The third-order valence-electron chi connectivity index (χ3n) is 6.00. The molecule has 0 saturated carbocycles. The lowest BCUT2D eigenvalue weighted by Crippen LogP contribution is -2.45. The number of amides is 2. The van der Waals surface area contributed by atoms with Crippen LogP contribution in [0.15, 0.2) is 48.5 Å². The van der Waals surface area contributed by atoms with E-state index in [1.165, 1.54) is 0 Å². The van der Waals surface area contributed by atoms with Crippen molar-refractivity contribution in [2.24, 2.45) is 0 Å². The molecule has 0 unspecified atom stereocenters. The van der Waals surface area contributed by atoms with Gasteiger partial charge in [0.1, 0.15) is 5.75 Å². The van der Waals surface area contributed by atoms with Crippen molar-refractivity contribution in [2.75, 3.05) is 18.5 Å². The van der Waals surface area contributed by atoms with Crippen molar-refractivity contribution < 1.29 is 14.3 Å². The Morgan fingerprint density at radius 2 is 2.00 bits per heavy atom. The molecule has 2 amide bonds. The Bertz CT molecular complexity index is 881. The van der Waals surface area contributed by atoms with Crippen LogP contribution >= 0.6 is 0 Å². The molecule has 2 aromatic carbocycles. The van der Waals surface area contributed by atoms with Crippen LogP contribution in [0.1, 0.15) is 60.9 Å². The van der Waals surface area contributed by atoms with Gasteiger partial charge in [-0.25, -0.2) is 0 Å². The molecule has 2 aromatic rings. The van der Waals surface area contributed by atoms with E-state index in [2.05, 4.69) is 5.32 Å². The highest BCUT2D eigenvalue weighted by Crippen LogP contribution is 2.31. The van der Waals surface area contributed by atoms with Crippen LogP contribution < -0.4 is 10.1 Å². The molecule has 4 rings (SSSR count). The van der Waals surface area contributed by atoms with Crippen LogP contribution in [0.2, 0.25) is 0 Å². The lowest BCUT2D eigenvalue weighted by Gasteiger charge is -2.37. The van der Waals surface area contributed by atoms with Gasteiger partial charge in [-0.1, -0.05) is 37.3 Å². The van der Waals surface area contributed by atoms with E-state index in [4.69, 9.17) is 4.74 Å². The standard InChI is InChI=1S/C24H28N2O3/c1-2-20(17-8-4-3-5-9-17)23(27)25-18-11-12-22-21(16-18)24(28)26-14-7-6-10-19(26)13-15-29-22/h3-5,8-9,11-12,16,19-20H,2,6-7,10,13-15H2,1H3,(H,25,27)/t19-,20+/m1/s1. The summed E-state index contributed by atoms with van der Waals surface area (Å²) in [6.45, 7) is 3.41. The molecule has 29 heavy (non-hydrogen) atoms. The van der Waals surface area contributed by atoms with E-state index in [0.717, 1.165) is 37.8 Å². The molecule has 2 aliphatic rings. The van der Waals surface area contributed by atoms with Crippen molar-refractivity contribution in [2.45, 2.75) is 51.0 Å². The fraction of sp³-hybridized carbons (Fsp3) is 0.417. The van der Waals surface area contributed by atoms with Crippen molar-refractivity contribution in [3.8, 4) is 5.75 Å². The Morgan fingerprint density at radius 3 is 2.79 bits per heavy atom. The number of carbonyl (C=O) groups excluding carboxylic acids is 2. The maximum Gasteiger partial charge on any atom is 0.257 e. The van der Waals surface area contributed by atoms with Crippen molar-refractivity contribution in [3.05, 3.63) is 59.7 Å². The van der Waals surface area contributed by atoms with Gasteiger partial charge in [-0.3, -0.25) is 9.59 Å². The van der Waals surface area contributed by atoms with Crippen molar-refractivity contribution in [1.29, 1.82) is 0 Å². The van der Waals surface area contributed by atoms with Gasteiger partial charge in [-0.2, -0.15) is 0 Å². The van der Waals surface area contributed by atoms with Gasteiger partial charge in [-0.15, -0.1) is 0 Å². The van der Waals surface area contributed by atoms with E-state index >= 15 is 0 Å². The summed E-state index contributed by atoms with van der Waals surface area (Å²) in [6.07, 6.45) is 4.83. The van der Waals surface area contributed by atoms with Gasteiger partial charge in [0.25, 0.3) is 5.91 Å². The van der Waals surface area contributed by atoms with Crippen LogP contribution in [0.4, 0.5) is 5.69 Å². The number of carbonyl (C=O) groups is 2. The molecule has 0 radical (unpaired) electrons. The molecule has 0 aliphatic carbocycles. The van der Waals surface area contributed by atoms with Crippen LogP contribution in [0.3, 0.4) is 0 Å². The fourth-order valence-corrected chi connectivity index (χ4v) is 4.42. The fourth-order valence-electron chi connectivity index (χ4n) is 4.42. The molecule has 0 spiro atoms. The highest BCUT2D eigenvalue weighted by Gasteiger charge is 2.31. The van der Waals surface area contributed by atoms with Gasteiger partial charge in [0.2, 0.25) is 5.91 Å². The summed E-state index contributed by atoms with van der Waals surface area (Å²) in [5.41, 5.74) is 2.17. The SMILES string of the molecule is CC[C@H](C(=O)Nc1ccc2c(c1)C(=O)N1CCCC[C@@H]1CCO2)c1ccccc1. The van der Waals surface area contributed by atoms with Gasteiger partial charge in [0.15, 0.2) is 0 Å². The zero-order chi connectivity index (χ0) is 20.2. The van der Waals surface area contributed by atoms with E-state index in [1.54, 1.807) is 12.1 Å². The molecule has 0 aromatic heterocycles. The monoisotopic (exact) mass is 392 g/mol. The smallest absolute Gasteiger partial charge is 0.257 e. The van der Waals surface area contributed by atoms with Crippen LogP contribution in [-0.4, -0.2) is 35.9 Å². The highest BCUT2D eigenvalue weighted by atomic mass is 16.5. The Morgan fingerprint density at radius 1 is 1.17 bits per heavy atom. The summed E-state index contributed by atoms with van der Waals surface area (Å²) in [5.74, 6) is 0.327. The predicted octanol–water partition coefficient (Wildman–Crippen LogP) is 4.60. The van der Waals surface area contributed by atoms with Gasteiger partial charge in [-0.05, 0) is 49.4 Å². The topological polar surface area (TPSA) is 58.6 Å². The quantitative estimate of drug-likeness (QED) is 0.827. The minimum atomic E-state index is -0.225. The average molecular weight is 392 g/mol. The van der Waals surface area contributed by atoms with Crippen LogP contribution in [-0.2, 0) is 4.79 Å². The van der Waals surface area contributed by atoms with Crippen molar-refractivity contribution >= 4 is 17.5 Å². The second-order valence-electron chi connectivity index (χ2n) is 7.86.